The Morgan fingerprint density at radius 1 is 1.14 bits per heavy atom. The van der Waals surface area contributed by atoms with E-state index < -0.39 is 0 Å². The van der Waals surface area contributed by atoms with Crippen LogP contribution in [0.1, 0.15) is 0 Å². The number of nitrogens with two attached hydrogens (primary N) is 1. The van der Waals surface area contributed by atoms with E-state index in [9.17, 15) is 0 Å². The third kappa shape index (κ3) is 2.43. The highest BCUT2D eigenvalue weighted by Gasteiger charge is 2.01. The van der Waals surface area contributed by atoms with Gasteiger partial charge in [0.05, 0.1) is 5.69 Å². The van der Waals surface area contributed by atoms with Crippen molar-refractivity contribution in [1.82, 2.24) is 4.72 Å². The van der Waals surface area contributed by atoms with E-state index in [0.29, 0.717) is 0 Å². The van der Waals surface area contributed by atoms with Crippen LogP contribution >= 0.6 is 21.8 Å². The molecule has 0 aliphatic carbocycles. The molecule has 4 nitrogen and oxygen atoms in total. The van der Waals surface area contributed by atoms with Crippen LogP contribution < -0.4 is 10.5 Å². The number of azo groups is 1. The molecule has 0 spiro atoms. The van der Waals surface area contributed by atoms with E-state index >= 15 is 0 Å². The summed E-state index contributed by atoms with van der Waals surface area (Å²) in [6.07, 6.45) is 0. The molecule has 0 saturated carbocycles. The van der Waals surface area contributed by atoms with Crippen molar-refractivity contribution in [3.05, 3.63) is 35.5 Å². The van der Waals surface area contributed by atoms with Gasteiger partial charge in [0.25, 0.3) is 0 Å². The Balaban J connectivity index is 2.06. The van der Waals surface area contributed by atoms with Gasteiger partial charge in [-0.05, 0) is 35.1 Å². The van der Waals surface area contributed by atoms with Crippen molar-refractivity contribution in [2.75, 3.05) is 5.73 Å². The minimum absolute atomic E-state index is 0.730. The van der Waals surface area contributed by atoms with Crippen LogP contribution in [0.25, 0.3) is 0 Å². The van der Waals surface area contributed by atoms with Gasteiger partial charge in [-0.25, -0.2) is 0 Å². The zero-order chi connectivity index (χ0) is 9.80. The first-order chi connectivity index (χ1) is 6.84. The van der Waals surface area contributed by atoms with Crippen molar-refractivity contribution in [1.29, 1.82) is 0 Å². The number of hydrogen-bond acceptors (Lipinski definition) is 6. The predicted molar refractivity (Wildman–Crippen MR) is 61.8 cm³/mol. The molecule has 1 heterocycles. The molecule has 3 N–H and O–H groups in total. The second-order valence-corrected chi connectivity index (χ2v) is 4.45. The van der Waals surface area contributed by atoms with Crippen LogP contribution in [0.4, 0.5) is 11.4 Å². The normalized spacial score (nSPS) is 15.6. The second kappa shape index (κ2) is 4.39. The van der Waals surface area contributed by atoms with E-state index in [1.165, 1.54) is 11.0 Å². The van der Waals surface area contributed by atoms with Crippen LogP contribution in [-0.2, 0) is 0 Å². The molecule has 0 saturated heterocycles. The van der Waals surface area contributed by atoms with E-state index in [1.807, 2.05) is 17.5 Å². The molecule has 14 heavy (non-hydrogen) atoms. The van der Waals surface area contributed by atoms with Gasteiger partial charge in [0.15, 0.2) is 5.82 Å². The Kier molecular flexibility index (Phi) is 2.95. The summed E-state index contributed by atoms with van der Waals surface area (Å²) < 4.78 is 2.99. The second-order valence-electron chi connectivity index (χ2n) is 2.58. The molecule has 0 radical (unpaired) electrons. The molecule has 1 aliphatic heterocycles. The van der Waals surface area contributed by atoms with Gasteiger partial charge in [-0.15, -0.1) is 10.2 Å². The summed E-state index contributed by atoms with van der Waals surface area (Å²) in [7, 11) is 3.11. The summed E-state index contributed by atoms with van der Waals surface area (Å²) in [6, 6.07) is 7.26. The summed E-state index contributed by atoms with van der Waals surface area (Å²) in [5.41, 5.74) is 7.07. The van der Waals surface area contributed by atoms with Crippen molar-refractivity contribution >= 4 is 33.1 Å². The number of nitrogen functional groups attached to an aromatic ring is 1. The van der Waals surface area contributed by atoms with E-state index in [2.05, 4.69) is 15.0 Å². The molecule has 72 valence electrons. The largest absolute Gasteiger partial charge is 0.399 e. The summed E-state index contributed by atoms with van der Waals surface area (Å²) in [5, 5.41) is 9.97. The van der Waals surface area contributed by atoms with E-state index in [-0.39, 0.29) is 0 Å². The molecule has 0 unspecified atom stereocenters. The lowest BCUT2D eigenvalue weighted by molar-refractivity contribution is 1.06. The molecule has 2 rings (SSSR count). The van der Waals surface area contributed by atoms with Crippen LogP contribution in [0.3, 0.4) is 0 Å². The molecule has 1 aromatic carbocycles. The van der Waals surface area contributed by atoms with Gasteiger partial charge >= 0.3 is 0 Å². The molecule has 1 aromatic rings. The Labute approximate surface area is 89.6 Å². The first kappa shape index (κ1) is 9.42. The van der Waals surface area contributed by atoms with E-state index in [1.54, 1.807) is 22.9 Å². The number of hydrogen-bond donors (Lipinski definition) is 2. The Bertz CT molecular complexity index is 371. The van der Waals surface area contributed by atoms with E-state index in [0.717, 1.165) is 17.2 Å². The lowest BCUT2D eigenvalue weighted by Gasteiger charge is -1.94. The molecule has 0 fully saturated rings. The summed E-state index contributed by atoms with van der Waals surface area (Å²) in [4.78, 5) is 0. The minimum Gasteiger partial charge on any atom is -0.399 e. The highest BCUT2D eigenvalue weighted by Crippen LogP contribution is 2.29. The molecule has 0 bridgehead atoms. The standard InChI is InChI=1S/C8H8N4S2/c9-6-1-3-7(4-2-6)10-11-8-5-13-14-12-8/h1-5,12H,9H2. The molecule has 6 heteroatoms. The van der Waals surface area contributed by atoms with Crippen LogP contribution in [-0.4, -0.2) is 0 Å². The van der Waals surface area contributed by atoms with Gasteiger partial charge in [0, 0.05) is 22.1 Å². The lowest BCUT2D eigenvalue weighted by Crippen LogP contribution is -1.91. The third-order valence-electron chi connectivity index (χ3n) is 1.52. The predicted octanol–water partition coefficient (Wildman–Crippen LogP) is 3.05. The molecule has 0 aromatic heterocycles. The fourth-order valence-electron chi connectivity index (χ4n) is 0.857. The van der Waals surface area contributed by atoms with Gasteiger partial charge in [0.1, 0.15) is 0 Å². The highest BCUT2D eigenvalue weighted by atomic mass is 33.1. The summed E-state index contributed by atoms with van der Waals surface area (Å²) >= 11 is 0. The van der Waals surface area contributed by atoms with Crippen LogP contribution in [0, 0.1) is 0 Å². The molecule has 0 amide bonds. The number of anilines is 1. The molecule has 0 atom stereocenters. The van der Waals surface area contributed by atoms with Gasteiger partial charge in [-0.3, -0.25) is 0 Å². The lowest BCUT2D eigenvalue weighted by atomic mass is 10.3. The van der Waals surface area contributed by atoms with Crippen molar-refractivity contribution in [2.45, 2.75) is 0 Å². The molecule has 1 aliphatic rings. The minimum atomic E-state index is 0.730. The molecular formula is C8H8N4S2. The van der Waals surface area contributed by atoms with Gasteiger partial charge in [-0.2, -0.15) is 0 Å². The first-order valence-corrected chi connectivity index (χ1v) is 6.12. The number of nitrogens with zero attached hydrogens (tertiary/aromatic N) is 2. The summed E-state index contributed by atoms with van der Waals surface area (Å²) in [5.74, 6) is 0.775. The van der Waals surface area contributed by atoms with Gasteiger partial charge in [0.2, 0.25) is 0 Å². The zero-order valence-corrected chi connectivity index (χ0v) is 8.81. The highest BCUT2D eigenvalue weighted by molar-refractivity contribution is 8.77. The van der Waals surface area contributed by atoms with Crippen molar-refractivity contribution in [2.24, 2.45) is 10.2 Å². The number of rotatable bonds is 2. The Hall–Kier alpha value is -1.14. The monoisotopic (exact) mass is 224 g/mol. The fourth-order valence-corrected chi connectivity index (χ4v) is 2.23. The van der Waals surface area contributed by atoms with Crippen molar-refractivity contribution in [3.63, 3.8) is 0 Å². The number of benzene rings is 1. The van der Waals surface area contributed by atoms with Crippen LogP contribution in [0.15, 0.2) is 45.7 Å². The number of nitrogens with one attached hydrogen (secondary N) is 1. The third-order valence-corrected chi connectivity index (χ3v) is 3.06. The van der Waals surface area contributed by atoms with Gasteiger partial charge in [-0.1, -0.05) is 0 Å². The van der Waals surface area contributed by atoms with E-state index in [4.69, 9.17) is 5.73 Å². The Morgan fingerprint density at radius 3 is 2.57 bits per heavy atom. The van der Waals surface area contributed by atoms with Crippen molar-refractivity contribution in [3.8, 4) is 0 Å². The fraction of sp³-hybridized carbons (Fsp3) is 0. The SMILES string of the molecule is Nc1ccc(N=NC2=CSSN2)cc1. The maximum atomic E-state index is 5.54. The zero-order valence-electron chi connectivity index (χ0n) is 7.18. The Morgan fingerprint density at radius 2 is 1.93 bits per heavy atom. The maximum absolute atomic E-state index is 5.54. The maximum Gasteiger partial charge on any atom is 0.166 e. The quantitative estimate of drug-likeness (QED) is 0.351. The molecular weight excluding hydrogens is 216 g/mol. The average Bonchev–Trinajstić information content (AvgIpc) is 2.70. The van der Waals surface area contributed by atoms with Crippen LogP contribution in [0.2, 0.25) is 0 Å². The van der Waals surface area contributed by atoms with Gasteiger partial charge < -0.3 is 10.5 Å². The first-order valence-electron chi connectivity index (χ1n) is 3.90. The van der Waals surface area contributed by atoms with Crippen molar-refractivity contribution < 1.29 is 0 Å². The topological polar surface area (TPSA) is 62.8 Å². The average molecular weight is 224 g/mol. The smallest absolute Gasteiger partial charge is 0.166 e. The summed E-state index contributed by atoms with van der Waals surface area (Å²) in [6.45, 7) is 0. The van der Waals surface area contributed by atoms with Crippen LogP contribution in [0.5, 0.6) is 0 Å².